The predicted octanol–water partition coefficient (Wildman–Crippen LogP) is 3.40. The Balaban J connectivity index is 1.77. The van der Waals surface area contributed by atoms with Crippen LogP contribution in [0.15, 0.2) is 66.4 Å². The zero-order valence-electron chi connectivity index (χ0n) is 13.0. The van der Waals surface area contributed by atoms with E-state index in [0.717, 1.165) is 5.56 Å². The number of anilines is 1. The van der Waals surface area contributed by atoms with E-state index in [-0.39, 0.29) is 5.91 Å². The van der Waals surface area contributed by atoms with Crippen LogP contribution >= 0.6 is 0 Å². The van der Waals surface area contributed by atoms with Gasteiger partial charge in [-0.05, 0) is 42.5 Å². The third-order valence-electron chi connectivity index (χ3n) is 3.50. The lowest BCUT2D eigenvalue weighted by Gasteiger charge is -2.06. The molecule has 0 aromatic heterocycles. The molecule has 1 aliphatic rings. The molecule has 0 bridgehead atoms. The number of hydrogen-bond donors (Lipinski definition) is 1. The largest absolute Gasteiger partial charge is 0.465 e. The molecule has 5 heteroatoms. The number of hydrogen-bond acceptors (Lipinski definition) is 4. The van der Waals surface area contributed by atoms with Gasteiger partial charge in [0.25, 0.3) is 5.91 Å². The number of carbonyl (C=O) groups excluding carboxylic acids is 2. The lowest BCUT2D eigenvalue weighted by atomic mass is 10.1. The Labute approximate surface area is 139 Å². The second kappa shape index (κ2) is 6.83. The van der Waals surface area contributed by atoms with Crippen LogP contribution in [0.3, 0.4) is 0 Å². The molecule has 3 rings (SSSR count). The molecule has 0 saturated heterocycles. The van der Waals surface area contributed by atoms with Crippen LogP contribution in [0.25, 0.3) is 6.08 Å². The average Bonchev–Trinajstić information content (AvgIpc) is 2.84. The van der Waals surface area contributed by atoms with Gasteiger partial charge in [-0.2, -0.15) is 0 Å². The van der Waals surface area contributed by atoms with E-state index in [1.165, 1.54) is 13.4 Å². The first-order chi connectivity index (χ1) is 11.7. The van der Waals surface area contributed by atoms with Crippen molar-refractivity contribution >= 4 is 23.6 Å². The number of para-hydroxylation sites is 1. The van der Waals surface area contributed by atoms with E-state index in [0.29, 0.717) is 22.6 Å². The quantitative estimate of drug-likeness (QED) is 0.880. The Morgan fingerprint density at radius 3 is 2.54 bits per heavy atom. The molecule has 2 aromatic carbocycles. The van der Waals surface area contributed by atoms with Crippen molar-refractivity contribution in [1.82, 2.24) is 0 Å². The summed E-state index contributed by atoms with van der Waals surface area (Å²) in [5.41, 5.74) is 2.30. The number of ether oxygens (including phenoxy) is 2. The molecular weight excluding hydrogens is 306 g/mol. The van der Waals surface area contributed by atoms with Gasteiger partial charge in [-0.3, -0.25) is 4.79 Å². The van der Waals surface area contributed by atoms with Crippen LogP contribution in [-0.4, -0.2) is 19.0 Å². The molecule has 120 valence electrons. The van der Waals surface area contributed by atoms with Crippen LogP contribution in [-0.2, 0) is 9.53 Å². The van der Waals surface area contributed by atoms with Gasteiger partial charge in [-0.1, -0.05) is 18.2 Å². The first kappa shape index (κ1) is 15.6. The molecule has 0 saturated carbocycles. The molecule has 24 heavy (non-hydrogen) atoms. The molecule has 0 atom stereocenters. The fourth-order valence-corrected chi connectivity index (χ4v) is 2.26. The molecule has 0 fully saturated rings. The molecular formula is C19H15NO4. The van der Waals surface area contributed by atoms with E-state index in [9.17, 15) is 9.59 Å². The van der Waals surface area contributed by atoms with Crippen LogP contribution in [0.5, 0.6) is 5.75 Å². The summed E-state index contributed by atoms with van der Waals surface area (Å²) < 4.78 is 10.1. The van der Waals surface area contributed by atoms with Crippen LogP contribution < -0.4 is 10.1 Å². The Hall–Kier alpha value is -3.34. The highest BCUT2D eigenvalue weighted by Crippen LogP contribution is 2.24. The van der Waals surface area contributed by atoms with E-state index in [2.05, 4.69) is 10.1 Å². The zero-order valence-corrected chi connectivity index (χ0v) is 13.0. The minimum atomic E-state index is -0.420. The lowest BCUT2D eigenvalue weighted by Crippen LogP contribution is -2.13. The molecule has 1 heterocycles. The van der Waals surface area contributed by atoms with Crippen molar-refractivity contribution in [2.75, 3.05) is 12.4 Å². The maximum atomic E-state index is 12.4. The van der Waals surface area contributed by atoms with Gasteiger partial charge in [0, 0.05) is 16.8 Å². The molecule has 1 amide bonds. The van der Waals surface area contributed by atoms with Crippen molar-refractivity contribution in [2.24, 2.45) is 0 Å². The third kappa shape index (κ3) is 3.35. The van der Waals surface area contributed by atoms with Crippen molar-refractivity contribution in [3.05, 3.63) is 77.6 Å². The normalized spacial score (nSPS) is 12.3. The predicted molar refractivity (Wildman–Crippen MR) is 90.6 cm³/mol. The molecule has 0 aliphatic carbocycles. The fourth-order valence-electron chi connectivity index (χ4n) is 2.26. The van der Waals surface area contributed by atoms with Crippen molar-refractivity contribution in [1.29, 1.82) is 0 Å². The number of carbonyl (C=O) groups is 2. The number of rotatable bonds is 3. The molecule has 0 radical (unpaired) electrons. The van der Waals surface area contributed by atoms with Crippen LogP contribution in [0.4, 0.5) is 5.69 Å². The van der Waals surface area contributed by atoms with Gasteiger partial charge in [-0.15, -0.1) is 0 Å². The SMILES string of the molecule is COC(=O)c1ccc(NC(=O)C2=Cc3ccccc3OC=C2)cc1. The number of methoxy groups -OCH3 is 1. The highest BCUT2D eigenvalue weighted by molar-refractivity contribution is 6.09. The van der Waals surface area contributed by atoms with Gasteiger partial charge >= 0.3 is 5.97 Å². The number of esters is 1. The second-order valence-electron chi connectivity index (χ2n) is 5.08. The van der Waals surface area contributed by atoms with Crippen molar-refractivity contribution < 1.29 is 19.1 Å². The summed E-state index contributed by atoms with van der Waals surface area (Å²) in [6.45, 7) is 0. The topological polar surface area (TPSA) is 64.6 Å². The van der Waals surface area contributed by atoms with E-state index in [1.807, 2.05) is 24.3 Å². The highest BCUT2D eigenvalue weighted by atomic mass is 16.5. The second-order valence-corrected chi connectivity index (χ2v) is 5.08. The van der Waals surface area contributed by atoms with Crippen molar-refractivity contribution in [3.8, 4) is 5.75 Å². The monoisotopic (exact) mass is 321 g/mol. The summed E-state index contributed by atoms with van der Waals surface area (Å²) in [6, 6.07) is 13.9. The van der Waals surface area contributed by atoms with E-state index in [4.69, 9.17) is 4.74 Å². The van der Waals surface area contributed by atoms with E-state index < -0.39 is 5.97 Å². The summed E-state index contributed by atoms with van der Waals surface area (Å²) in [4.78, 5) is 23.8. The molecule has 1 N–H and O–H groups in total. The van der Waals surface area contributed by atoms with Gasteiger partial charge in [0.15, 0.2) is 0 Å². The maximum Gasteiger partial charge on any atom is 0.337 e. The van der Waals surface area contributed by atoms with Gasteiger partial charge < -0.3 is 14.8 Å². The Morgan fingerprint density at radius 2 is 1.79 bits per heavy atom. The number of fused-ring (bicyclic) bond motifs is 1. The van der Waals surface area contributed by atoms with Gasteiger partial charge in [0.1, 0.15) is 5.75 Å². The standard InChI is InChI=1S/C19H15NO4/c1-23-19(22)13-6-8-16(9-7-13)20-18(21)15-10-11-24-17-5-3-2-4-14(17)12-15/h2-12H,1H3,(H,20,21). The van der Waals surface area contributed by atoms with Crippen molar-refractivity contribution in [3.63, 3.8) is 0 Å². The Kier molecular flexibility index (Phi) is 4.43. The van der Waals surface area contributed by atoms with Crippen LogP contribution in [0.1, 0.15) is 15.9 Å². The van der Waals surface area contributed by atoms with Gasteiger partial charge in [0.05, 0.1) is 18.9 Å². The summed E-state index contributed by atoms with van der Waals surface area (Å²) in [6.07, 6.45) is 4.85. The Bertz CT molecular complexity index is 835. The smallest absolute Gasteiger partial charge is 0.337 e. The molecule has 5 nitrogen and oxygen atoms in total. The zero-order chi connectivity index (χ0) is 16.9. The average molecular weight is 321 g/mol. The Morgan fingerprint density at radius 1 is 1.04 bits per heavy atom. The van der Waals surface area contributed by atoms with E-state index >= 15 is 0 Å². The summed E-state index contributed by atoms with van der Waals surface area (Å²) >= 11 is 0. The molecule has 1 aliphatic heterocycles. The minimum absolute atomic E-state index is 0.266. The molecule has 0 unspecified atom stereocenters. The summed E-state index contributed by atoms with van der Waals surface area (Å²) in [7, 11) is 1.32. The van der Waals surface area contributed by atoms with Gasteiger partial charge in [0.2, 0.25) is 0 Å². The van der Waals surface area contributed by atoms with E-state index in [1.54, 1.807) is 36.4 Å². The third-order valence-corrected chi connectivity index (χ3v) is 3.50. The number of amides is 1. The molecule has 0 spiro atoms. The van der Waals surface area contributed by atoms with Crippen LogP contribution in [0, 0.1) is 0 Å². The number of nitrogens with one attached hydrogen (secondary N) is 1. The van der Waals surface area contributed by atoms with Crippen LogP contribution in [0.2, 0.25) is 0 Å². The summed E-state index contributed by atoms with van der Waals surface area (Å²) in [5.74, 6) is 0.00685. The first-order valence-electron chi connectivity index (χ1n) is 7.31. The fraction of sp³-hybridized carbons (Fsp3) is 0.0526. The van der Waals surface area contributed by atoms with Gasteiger partial charge in [-0.25, -0.2) is 4.79 Å². The lowest BCUT2D eigenvalue weighted by molar-refractivity contribution is -0.112. The molecule has 2 aromatic rings. The first-order valence-corrected chi connectivity index (χ1v) is 7.31. The minimum Gasteiger partial charge on any atom is -0.465 e. The summed E-state index contributed by atoms with van der Waals surface area (Å²) in [5, 5.41) is 2.79. The maximum absolute atomic E-state index is 12.4. The highest BCUT2D eigenvalue weighted by Gasteiger charge is 2.12. The number of benzene rings is 2. The van der Waals surface area contributed by atoms with Crippen molar-refractivity contribution in [2.45, 2.75) is 0 Å².